The Morgan fingerprint density at radius 1 is 1.40 bits per heavy atom. The van der Waals surface area contributed by atoms with Crippen molar-refractivity contribution in [3.05, 3.63) is 35.6 Å². The molecule has 1 aliphatic rings. The van der Waals surface area contributed by atoms with Gasteiger partial charge in [-0.05, 0) is 36.6 Å². The molecule has 0 unspecified atom stereocenters. The highest BCUT2D eigenvalue weighted by atomic mass is 19.1. The maximum Gasteiger partial charge on any atom is 0.163 e. The molecule has 1 fully saturated rings. The average molecular weight is 208 g/mol. The fourth-order valence-corrected chi connectivity index (χ4v) is 1.76. The Hall–Kier alpha value is -1.22. The molecule has 2 nitrogen and oxygen atoms in total. The summed E-state index contributed by atoms with van der Waals surface area (Å²) in [5, 5.41) is 0. The minimum Gasteiger partial charge on any atom is -0.381 e. The summed E-state index contributed by atoms with van der Waals surface area (Å²) in [7, 11) is 0. The van der Waals surface area contributed by atoms with E-state index < -0.39 is 0 Å². The van der Waals surface area contributed by atoms with Crippen molar-refractivity contribution < 1.29 is 13.9 Å². The summed E-state index contributed by atoms with van der Waals surface area (Å²) in [4.78, 5) is 11.7. The van der Waals surface area contributed by atoms with Crippen molar-refractivity contribution in [2.75, 3.05) is 13.2 Å². The highest BCUT2D eigenvalue weighted by molar-refractivity contribution is 5.96. The van der Waals surface area contributed by atoms with E-state index in [1.54, 1.807) is 0 Å². The van der Waals surface area contributed by atoms with Gasteiger partial charge in [0.25, 0.3) is 0 Å². The van der Waals surface area contributed by atoms with E-state index in [4.69, 9.17) is 4.74 Å². The van der Waals surface area contributed by atoms with Gasteiger partial charge < -0.3 is 4.74 Å². The molecular weight excluding hydrogens is 195 g/mol. The smallest absolute Gasteiger partial charge is 0.163 e. The van der Waals surface area contributed by atoms with Crippen LogP contribution < -0.4 is 0 Å². The number of rotatable bonds is 3. The minimum absolute atomic E-state index is 0.0745. The SMILES string of the molecule is O=C(C[C@@H]1CCOC1)c1ccc(F)cc1. The van der Waals surface area contributed by atoms with E-state index in [-0.39, 0.29) is 11.6 Å². The molecule has 1 heterocycles. The van der Waals surface area contributed by atoms with Crippen LogP contribution in [-0.4, -0.2) is 19.0 Å². The number of carbonyl (C=O) groups excluding carboxylic acids is 1. The van der Waals surface area contributed by atoms with Gasteiger partial charge in [0.05, 0.1) is 0 Å². The predicted octanol–water partition coefficient (Wildman–Crippen LogP) is 2.44. The Bertz CT molecular complexity index is 339. The van der Waals surface area contributed by atoms with Crippen molar-refractivity contribution in [1.29, 1.82) is 0 Å². The molecule has 3 heteroatoms. The van der Waals surface area contributed by atoms with Gasteiger partial charge in [-0.2, -0.15) is 0 Å². The van der Waals surface area contributed by atoms with Crippen LogP contribution >= 0.6 is 0 Å². The van der Waals surface area contributed by atoms with Crippen LogP contribution in [0.15, 0.2) is 24.3 Å². The number of hydrogen-bond donors (Lipinski definition) is 0. The Balaban J connectivity index is 1.98. The summed E-state index contributed by atoms with van der Waals surface area (Å²) in [6.45, 7) is 1.42. The fraction of sp³-hybridized carbons (Fsp3) is 0.417. The zero-order valence-electron chi connectivity index (χ0n) is 8.41. The standard InChI is InChI=1S/C12H13FO2/c13-11-3-1-10(2-4-11)12(14)7-9-5-6-15-8-9/h1-4,9H,5-8H2/t9-/m0/s1. The van der Waals surface area contributed by atoms with Crippen LogP contribution in [0, 0.1) is 11.7 Å². The van der Waals surface area contributed by atoms with Crippen molar-refractivity contribution >= 4 is 5.78 Å². The summed E-state index contributed by atoms with van der Waals surface area (Å²) in [6, 6.07) is 5.71. The molecule has 15 heavy (non-hydrogen) atoms. The summed E-state index contributed by atoms with van der Waals surface area (Å²) >= 11 is 0. The minimum atomic E-state index is -0.309. The van der Waals surface area contributed by atoms with Gasteiger partial charge in [0.2, 0.25) is 0 Å². The number of carbonyl (C=O) groups is 1. The topological polar surface area (TPSA) is 26.3 Å². The van der Waals surface area contributed by atoms with Crippen molar-refractivity contribution in [1.82, 2.24) is 0 Å². The highest BCUT2D eigenvalue weighted by Gasteiger charge is 2.19. The number of ketones is 1. The molecule has 0 amide bonds. The van der Waals surface area contributed by atoms with E-state index >= 15 is 0 Å². The molecular formula is C12H13FO2. The van der Waals surface area contributed by atoms with Crippen LogP contribution in [0.2, 0.25) is 0 Å². The van der Waals surface area contributed by atoms with Gasteiger partial charge in [-0.25, -0.2) is 4.39 Å². The maximum atomic E-state index is 12.6. The maximum absolute atomic E-state index is 12.6. The monoisotopic (exact) mass is 208 g/mol. The third kappa shape index (κ3) is 2.63. The van der Waals surface area contributed by atoms with Gasteiger partial charge >= 0.3 is 0 Å². The van der Waals surface area contributed by atoms with Crippen molar-refractivity contribution in [3.8, 4) is 0 Å². The van der Waals surface area contributed by atoms with Crippen LogP contribution in [-0.2, 0) is 4.74 Å². The largest absolute Gasteiger partial charge is 0.381 e. The van der Waals surface area contributed by atoms with E-state index in [9.17, 15) is 9.18 Å². The Morgan fingerprint density at radius 3 is 2.73 bits per heavy atom. The van der Waals surface area contributed by atoms with Crippen molar-refractivity contribution in [2.24, 2.45) is 5.92 Å². The third-order valence-electron chi connectivity index (χ3n) is 2.66. The molecule has 1 aromatic carbocycles. The normalized spacial score (nSPS) is 20.5. The summed E-state index contributed by atoms with van der Waals surface area (Å²) < 4.78 is 17.8. The van der Waals surface area contributed by atoms with Gasteiger partial charge in [-0.15, -0.1) is 0 Å². The first-order valence-electron chi connectivity index (χ1n) is 5.12. The van der Waals surface area contributed by atoms with Gasteiger partial charge in [-0.1, -0.05) is 0 Å². The van der Waals surface area contributed by atoms with Gasteiger partial charge in [0.15, 0.2) is 5.78 Å². The van der Waals surface area contributed by atoms with Crippen molar-refractivity contribution in [3.63, 3.8) is 0 Å². The molecule has 80 valence electrons. The van der Waals surface area contributed by atoms with Crippen molar-refractivity contribution in [2.45, 2.75) is 12.8 Å². The summed E-state index contributed by atoms with van der Waals surface area (Å²) in [6.07, 6.45) is 1.46. The lowest BCUT2D eigenvalue weighted by Gasteiger charge is -2.05. The molecule has 0 radical (unpaired) electrons. The highest BCUT2D eigenvalue weighted by Crippen LogP contribution is 2.19. The summed E-state index contributed by atoms with van der Waals surface area (Å²) in [5.41, 5.74) is 0.586. The molecule has 2 rings (SSSR count). The lowest BCUT2D eigenvalue weighted by atomic mass is 9.98. The Morgan fingerprint density at radius 2 is 2.13 bits per heavy atom. The quantitative estimate of drug-likeness (QED) is 0.713. The van der Waals surface area contributed by atoms with Crippen LogP contribution in [0.1, 0.15) is 23.2 Å². The molecule has 1 aromatic rings. The molecule has 0 saturated carbocycles. The first-order valence-corrected chi connectivity index (χ1v) is 5.12. The van der Waals surface area contributed by atoms with E-state index in [2.05, 4.69) is 0 Å². The zero-order chi connectivity index (χ0) is 10.7. The van der Waals surface area contributed by atoms with E-state index in [1.807, 2.05) is 0 Å². The number of benzene rings is 1. The van der Waals surface area contributed by atoms with Gasteiger partial charge in [0, 0.05) is 25.2 Å². The predicted molar refractivity (Wildman–Crippen MR) is 54.3 cm³/mol. The van der Waals surface area contributed by atoms with E-state index in [0.29, 0.717) is 24.5 Å². The Kier molecular flexibility index (Phi) is 3.11. The lowest BCUT2D eigenvalue weighted by molar-refractivity contribution is 0.0952. The number of halogens is 1. The zero-order valence-corrected chi connectivity index (χ0v) is 8.41. The second kappa shape index (κ2) is 4.53. The van der Waals surface area contributed by atoms with Crippen LogP contribution in [0.5, 0.6) is 0 Å². The van der Waals surface area contributed by atoms with Gasteiger partial charge in [0.1, 0.15) is 5.82 Å². The molecule has 1 aliphatic heterocycles. The average Bonchev–Trinajstić information content (AvgIpc) is 2.71. The second-order valence-electron chi connectivity index (χ2n) is 3.86. The van der Waals surface area contributed by atoms with E-state index in [1.165, 1.54) is 24.3 Å². The Labute approximate surface area is 88.1 Å². The molecule has 0 bridgehead atoms. The summed E-state index contributed by atoms with van der Waals surface area (Å²) in [5.74, 6) is 0.101. The molecule has 1 saturated heterocycles. The first kappa shape index (κ1) is 10.3. The van der Waals surface area contributed by atoms with E-state index in [0.717, 1.165) is 13.0 Å². The number of ether oxygens (including phenoxy) is 1. The number of hydrogen-bond acceptors (Lipinski definition) is 2. The molecule has 0 spiro atoms. The number of Topliss-reactive ketones (excluding diaryl/α,β-unsaturated/α-hetero) is 1. The first-order chi connectivity index (χ1) is 7.25. The van der Waals surface area contributed by atoms with Crippen LogP contribution in [0.4, 0.5) is 4.39 Å². The third-order valence-corrected chi connectivity index (χ3v) is 2.66. The fourth-order valence-electron chi connectivity index (χ4n) is 1.76. The van der Waals surface area contributed by atoms with Crippen LogP contribution in [0.3, 0.4) is 0 Å². The molecule has 1 atom stereocenters. The second-order valence-corrected chi connectivity index (χ2v) is 3.86. The lowest BCUT2D eigenvalue weighted by Crippen LogP contribution is -2.08. The molecule has 0 aliphatic carbocycles. The molecule has 0 N–H and O–H groups in total. The molecule has 0 aromatic heterocycles. The van der Waals surface area contributed by atoms with Gasteiger partial charge in [-0.3, -0.25) is 4.79 Å². The van der Waals surface area contributed by atoms with Crippen LogP contribution in [0.25, 0.3) is 0 Å².